The fourth-order valence-electron chi connectivity index (χ4n) is 3.38. The van der Waals surface area contributed by atoms with Crippen molar-refractivity contribution in [2.75, 3.05) is 18.4 Å². The number of hydrogen-bond acceptors (Lipinski definition) is 5. The third-order valence-corrected chi connectivity index (χ3v) is 5.98. The first kappa shape index (κ1) is 20.1. The molecule has 1 aliphatic rings. The van der Waals surface area contributed by atoms with E-state index in [4.69, 9.17) is 0 Å². The van der Waals surface area contributed by atoms with Crippen LogP contribution < -0.4 is 5.32 Å². The van der Waals surface area contributed by atoms with Gasteiger partial charge in [0.1, 0.15) is 16.6 Å². The molecule has 2 aromatic carbocycles. The number of carbonyl (C=O) groups is 2. The van der Waals surface area contributed by atoms with Crippen molar-refractivity contribution in [2.45, 2.75) is 18.8 Å². The molecule has 1 aliphatic heterocycles. The average Bonchev–Trinajstić information content (AvgIpc) is 3.26. The quantitative estimate of drug-likeness (QED) is 0.679. The van der Waals surface area contributed by atoms with Crippen molar-refractivity contribution < 1.29 is 18.4 Å². The maximum Gasteiger partial charge on any atom is 0.286 e. The van der Waals surface area contributed by atoms with Gasteiger partial charge in [-0.1, -0.05) is 23.5 Å². The number of aromatic nitrogens is 2. The van der Waals surface area contributed by atoms with Crippen LogP contribution in [0.1, 0.15) is 43.9 Å². The highest BCUT2D eigenvalue weighted by Crippen LogP contribution is 2.30. The van der Waals surface area contributed by atoms with Crippen molar-refractivity contribution in [3.63, 3.8) is 0 Å². The van der Waals surface area contributed by atoms with Crippen molar-refractivity contribution in [3.05, 3.63) is 75.7 Å². The zero-order chi connectivity index (χ0) is 21.1. The Kier molecular flexibility index (Phi) is 5.80. The molecule has 1 N–H and O–H groups in total. The Morgan fingerprint density at radius 2 is 1.83 bits per heavy atom. The second kappa shape index (κ2) is 8.66. The van der Waals surface area contributed by atoms with Gasteiger partial charge in [-0.15, -0.1) is 10.2 Å². The topological polar surface area (TPSA) is 75.2 Å². The summed E-state index contributed by atoms with van der Waals surface area (Å²) >= 11 is 1.16. The molecule has 1 saturated heterocycles. The predicted octanol–water partition coefficient (Wildman–Crippen LogP) is 4.09. The molecule has 1 atom stereocenters. The van der Waals surface area contributed by atoms with Crippen LogP contribution in [0, 0.1) is 11.6 Å². The molecule has 6 nitrogen and oxygen atoms in total. The van der Waals surface area contributed by atoms with Gasteiger partial charge in [0, 0.05) is 24.7 Å². The van der Waals surface area contributed by atoms with Crippen LogP contribution in [-0.2, 0) is 0 Å². The van der Waals surface area contributed by atoms with E-state index in [9.17, 15) is 18.4 Å². The Morgan fingerprint density at radius 3 is 2.60 bits per heavy atom. The molecule has 0 radical (unpaired) electrons. The number of rotatable bonds is 4. The number of halogens is 2. The SMILES string of the molecule is O=C(Nc1ccc(F)cc1)c1nnc([C@@H]2CCCN(C(=O)c3ccccc3F)C2)s1. The van der Waals surface area contributed by atoms with Crippen LogP contribution in [0.4, 0.5) is 14.5 Å². The van der Waals surface area contributed by atoms with E-state index in [2.05, 4.69) is 15.5 Å². The van der Waals surface area contributed by atoms with Gasteiger partial charge in [-0.05, 0) is 49.2 Å². The van der Waals surface area contributed by atoms with Crippen LogP contribution in [-0.4, -0.2) is 40.0 Å². The van der Waals surface area contributed by atoms with Crippen LogP contribution in [0.15, 0.2) is 48.5 Å². The van der Waals surface area contributed by atoms with E-state index in [1.54, 1.807) is 17.0 Å². The summed E-state index contributed by atoms with van der Waals surface area (Å²) in [7, 11) is 0. The Morgan fingerprint density at radius 1 is 1.07 bits per heavy atom. The number of benzene rings is 2. The van der Waals surface area contributed by atoms with E-state index in [1.807, 2.05) is 0 Å². The van der Waals surface area contributed by atoms with Crippen LogP contribution in [0.2, 0.25) is 0 Å². The van der Waals surface area contributed by atoms with E-state index >= 15 is 0 Å². The van der Waals surface area contributed by atoms with Gasteiger partial charge >= 0.3 is 0 Å². The zero-order valence-corrected chi connectivity index (χ0v) is 16.7. The normalized spacial score (nSPS) is 16.3. The molecule has 154 valence electrons. The summed E-state index contributed by atoms with van der Waals surface area (Å²) < 4.78 is 27.0. The van der Waals surface area contributed by atoms with Gasteiger partial charge in [-0.3, -0.25) is 9.59 Å². The zero-order valence-electron chi connectivity index (χ0n) is 15.8. The Hall–Kier alpha value is -3.20. The van der Waals surface area contributed by atoms with Crippen molar-refractivity contribution in [3.8, 4) is 0 Å². The molecular formula is C21H18F2N4O2S. The molecule has 4 rings (SSSR count). The number of hydrogen-bond donors (Lipinski definition) is 1. The van der Waals surface area contributed by atoms with Gasteiger partial charge in [0.2, 0.25) is 5.01 Å². The van der Waals surface area contributed by atoms with E-state index in [-0.39, 0.29) is 22.4 Å². The molecule has 0 saturated carbocycles. The maximum atomic E-state index is 14.0. The van der Waals surface area contributed by atoms with E-state index < -0.39 is 17.5 Å². The van der Waals surface area contributed by atoms with Gasteiger partial charge in [0.15, 0.2) is 0 Å². The molecule has 1 aromatic heterocycles. The smallest absolute Gasteiger partial charge is 0.286 e. The molecule has 1 fully saturated rings. The molecule has 0 unspecified atom stereocenters. The monoisotopic (exact) mass is 428 g/mol. The first-order chi connectivity index (χ1) is 14.5. The lowest BCUT2D eigenvalue weighted by molar-refractivity contribution is 0.0702. The molecule has 0 aliphatic carbocycles. The van der Waals surface area contributed by atoms with Gasteiger partial charge in [-0.25, -0.2) is 8.78 Å². The number of nitrogens with one attached hydrogen (secondary N) is 1. The van der Waals surface area contributed by atoms with Crippen molar-refractivity contribution in [2.24, 2.45) is 0 Å². The number of piperidine rings is 1. The highest BCUT2D eigenvalue weighted by Gasteiger charge is 2.29. The summed E-state index contributed by atoms with van der Waals surface area (Å²) in [5.41, 5.74) is 0.507. The number of nitrogens with zero attached hydrogens (tertiary/aromatic N) is 3. The number of amides is 2. The Labute approximate surface area is 175 Å². The lowest BCUT2D eigenvalue weighted by Crippen LogP contribution is -2.39. The third kappa shape index (κ3) is 4.35. The van der Waals surface area contributed by atoms with Crippen LogP contribution in [0.3, 0.4) is 0 Å². The minimum absolute atomic E-state index is 0.0507. The highest BCUT2D eigenvalue weighted by atomic mass is 32.1. The molecule has 9 heteroatoms. The van der Waals surface area contributed by atoms with E-state index in [1.165, 1.54) is 36.4 Å². The third-order valence-electron chi connectivity index (χ3n) is 4.90. The summed E-state index contributed by atoms with van der Waals surface area (Å²) in [6, 6.07) is 11.4. The van der Waals surface area contributed by atoms with Gasteiger partial charge in [0.05, 0.1) is 5.56 Å². The standard InChI is InChI=1S/C21H18F2N4O2S/c22-14-7-9-15(10-8-14)24-18(28)20-26-25-19(30-20)13-4-3-11-27(12-13)21(29)16-5-1-2-6-17(16)23/h1-2,5-10,13H,3-4,11-12H2,(H,24,28)/t13-/m1/s1. The average molecular weight is 428 g/mol. The maximum absolute atomic E-state index is 14.0. The number of anilines is 1. The van der Waals surface area contributed by atoms with Crippen LogP contribution >= 0.6 is 11.3 Å². The number of likely N-dealkylation sites (tertiary alicyclic amines) is 1. The van der Waals surface area contributed by atoms with Crippen LogP contribution in [0.5, 0.6) is 0 Å². The van der Waals surface area contributed by atoms with Gasteiger partial charge < -0.3 is 10.2 Å². The minimum atomic E-state index is -0.541. The summed E-state index contributed by atoms with van der Waals surface area (Å²) in [5, 5.41) is 11.6. The van der Waals surface area contributed by atoms with Crippen molar-refractivity contribution in [1.29, 1.82) is 0 Å². The molecular weight excluding hydrogens is 410 g/mol. The fraction of sp³-hybridized carbons (Fsp3) is 0.238. The van der Waals surface area contributed by atoms with Crippen molar-refractivity contribution in [1.82, 2.24) is 15.1 Å². The Bertz CT molecular complexity index is 1070. The lowest BCUT2D eigenvalue weighted by Gasteiger charge is -2.31. The van der Waals surface area contributed by atoms with E-state index in [0.717, 1.165) is 24.2 Å². The summed E-state index contributed by atoms with van der Waals surface area (Å²) in [5.74, 6) is -1.78. The van der Waals surface area contributed by atoms with E-state index in [0.29, 0.717) is 23.8 Å². The largest absolute Gasteiger partial charge is 0.338 e. The molecule has 2 heterocycles. The predicted molar refractivity (Wildman–Crippen MR) is 109 cm³/mol. The molecule has 30 heavy (non-hydrogen) atoms. The van der Waals surface area contributed by atoms with Gasteiger partial charge in [-0.2, -0.15) is 0 Å². The molecule has 0 bridgehead atoms. The Balaban J connectivity index is 1.44. The first-order valence-corrected chi connectivity index (χ1v) is 10.3. The fourth-order valence-corrected chi connectivity index (χ4v) is 4.24. The molecule has 3 aromatic rings. The minimum Gasteiger partial charge on any atom is -0.338 e. The number of carbonyl (C=O) groups excluding carboxylic acids is 2. The van der Waals surface area contributed by atoms with Crippen molar-refractivity contribution >= 4 is 28.8 Å². The highest BCUT2D eigenvalue weighted by molar-refractivity contribution is 7.13. The second-order valence-corrected chi connectivity index (χ2v) is 7.99. The molecule has 0 spiro atoms. The summed E-state index contributed by atoms with van der Waals surface area (Å²) in [6.45, 7) is 0.932. The second-order valence-electron chi connectivity index (χ2n) is 6.98. The lowest BCUT2D eigenvalue weighted by atomic mass is 9.98. The molecule has 2 amide bonds. The van der Waals surface area contributed by atoms with Gasteiger partial charge in [0.25, 0.3) is 11.8 Å². The summed E-state index contributed by atoms with van der Waals surface area (Å²) in [4.78, 5) is 26.7. The van der Waals surface area contributed by atoms with Crippen LogP contribution in [0.25, 0.3) is 0 Å². The first-order valence-electron chi connectivity index (χ1n) is 9.45. The summed E-state index contributed by atoms with van der Waals surface area (Å²) in [6.07, 6.45) is 1.55.